The monoisotopic (exact) mass is 450 g/mol. The van der Waals surface area contributed by atoms with Crippen molar-refractivity contribution in [3.05, 3.63) is 72.3 Å². The Labute approximate surface area is 192 Å². The van der Waals surface area contributed by atoms with Crippen LogP contribution in [0.2, 0.25) is 0 Å². The number of carbonyl (C=O) groups is 2. The first-order valence-electron chi connectivity index (χ1n) is 10.5. The minimum Gasteiger partial charge on any atom is -0.460 e. The number of rotatable bonds is 7. The van der Waals surface area contributed by atoms with Gasteiger partial charge in [0.15, 0.2) is 5.54 Å². The molecule has 1 aliphatic heterocycles. The lowest BCUT2D eigenvalue weighted by Crippen LogP contribution is -2.38. The van der Waals surface area contributed by atoms with Crippen LogP contribution in [-0.4, -0.2) is 47.7 Å². The lowest BCUT2D eigenvalue weighted by molar-refractivity contribution is -0.147. The number of carbonyl (C=O) groups excluding carboxylic acids is 2. The van der Waals surface area contributed by atoms with E-state index < -0.39 is 17.6 Å². The molecule has 4 rings (SSSR count). The molecule has 0 saturated heterocycles. The fourth-order valence-corrected chi connectivity index (χ4v) is 5.20. The number of fused-ring (bicyclic) bond motifs is 3. The van der Waals surface area contributed by atoms with Gasteiger partial charge in [0.2, 0.25) is 0 Å². The SMILES string of the molecule is C=CCOC(=O)[C@]1(C)CSC([C@H](C)NC(=O)OCC2c3ccccc3-c3ccccc32)=N1. The van der Waals surface area contributed by atoms with Crippen molar-refractivity contribution in [1.82, 2.24) is 5.32 Å². The van der Waals surface area contributed by atoms with E-state index in [4.69, 9.17) is 9.47 Å². The summed E-state index contributed by atoms with van der Waals surface area (Å²) < 4.78 is 10.8. The molecule has 2 atom stereocenters. The van der Waals surface area contributed by atoms with E-state index in [1.54, 1.807) is 6.92 Å². The summed E-state index contributed by atoms with van der Waals surface area (Å²) >= 11 is 1.44. The van der Waals surface area contributed by atoms with Gasteiger partial charge in [-0.25, -0.2) is 9.59 Å². The summed E-state index contributed by atoms with van der Waals surface area (Å²) in [4.78, 5) is 29.3. The van der Waals surface area contributed by atoms with E-state index in [-0.39, 0.29) is 25.2 Å². The molecule has 1 aliphatic carbocycles. The van der Waals surface area contributed by atoms with E-state index in [0.717, 1.165) is 0 Å². The highest BCUT2D eigenvalue weighted by molar-refractivity contribution is 8.14. The Morgan fingerprint density at radius 2 is 1.81 bits per heavy atom. The molecule has 6 nitrogen and oxygen atoms in total. The van der Waals surface area contributed by atoms with Crippen LogP contribution >= 0.6 is 11.8 Å². The molecule has 0 aromatic heterocycles. The van der Waals surface area contributed by atoms with Crippen molar-refractivity contribution in [2.24, 2.45) is 4.99 Å². The number of ether oxygens (including phenoxy) is 2. The summed E-state index contributed by atoms with van der Waals surface area (Å²) in [6.07, 6.45) is 1.01. The fourth-order valence-electron chi connectivity index (χ4n) is 4.02. The van der Waals surface area contributed by atoms with E-state index >= 15 is 0 Å². The zero-order chi connectivity index (χ0) is 22.7. The van der Waals surface area contributed by atoms with Crippen LogP contribution in [0.5, 0.6) is 0 Å². The number of thioether (sulfide) groups is 1. The fraction of sp³-hybridized carbons (Fsp3) is 0.320. The summed E-state index contributed by atoms with van der Waals surface area (Å²) in [6.45, 7) is 7.51. The number of nitrogens with zero attached hydrogens (tertiary/aromatic N) is 1. The van der Waals surface area contributed by atoms with Crippen LogP contribution in [0, 0.1) is 0 Å². The maximum Gasteiger partial charge on any atom is 0.407 e. The van der Waals surface area contributed by atoms with Gasteiger partial charge in [0, 0.05) is 11.7 Å². The maximum absolute atomic E-state index is 12.5. The highest BCUT2D eigenvalue weighted by atomic mass is 32.2. The molecular weight excluding hydrogens is 424 g/mol. The molecule has 0 fully saturated rings. The molecule has 1 amide bonds. The Morgan fingerprint density at radius 3 is 2.44 bits per heavy atom. The highest BCUT2D eigenvalue weighted by Crippen LogP contribution is 2.44. The third kappa shape index (κ3) is 4.30. The third-order valence-electron chi connectivity index (χ3n) is 5.68. The minimum absolute atomic E-state index is 0.00424. The first-order chi connectivity index (χ1) is 15.4. The molecule has 0 bridgehead atoms. The van der Waals surface area contributed by atoms with Crippen LogP contribution in [0.3, 0.4) is 0 Å². The second-order valence-corrected chi connectivity index (χ2v) is 9.09. The van der Waals surface area contributed by atoms with Gasteiger partial charge in [0.25, 0.3) is 0 Å². The van der Waals surface area contributed by atoms with E-state index in [9.17, 15) is 9.59 Å². The number of esters is 1. The van der Waals surface area contributed by atoms with Crippen LogP contribution in [0.25, 0.3) is 11.1 Å². The van der Waals surface area contributed by atoms with Gasteiger partial charge < -0.3 is 14.8 Å². The number of hydrogen-bond donors (Lipinski definition) is 1. The number of hydrogen-bond acceptors (Lipinski definition) is 6. The molecule has 2 aromatic carbocycles. The molecule has 2 aromatic rings. The van der Waals surface area contributed by atoms with Gasteiger partial charge in [-0.1, -0.05) is 61.2 Å². The minimum atomic E-state index is -0.958. The number of benzene rings is 2. The number of amides is 1. The Morgan fingerprint density at radius 1 is 1.19 bits per heavy atom. The number of aliphatic imine (C=N–C) groups is 1. The molecule has 7 heteroatoms. The summed E-state index contributed by atoms with van der Waals surface area (Å²) in [5, 5.41) is 3.51. The van der Waals surface area contributed by atoms with Crippen LogP contribution in [-0.2, 0) is 14.3 Å². The van der Waals surface area contributed by atoms with Gasteiger partial charge in [0.05, 0.1) is 11.1 Å². The molecular formula is C25H26N2O4S. The largest absolute Gasteiger partial charge is 0.460 e. The summed E-state index contributed by atoms with van der Waals surface area (Å²) in [5.74, 6) is 0.0764. The maximum atomic E-state index is 12.5. The first kappa shape index (κ1) is 22.1. The Hall–Kier alpha value is -3.06. The Balaban J connectivity index is 1.37. The normalized spacial score (nSPS) is 20.0. The lowest BCUT2D eigenvalue weighted by atomic mass is 9.98. The van der Waals surface area contributed by atoms with Crippen molar-refractivity contribution in [2.75, 3.05) is 19.0 Å². The average molecular weight is 451 g/mol. The smallest absolute Gasteiger partial charge is 0.407 e. The highest BCUT2D eigenvalue weighted by Gasteiger charge is 2.41. The second kappa shape index (κ2) is 9.20. The predicted octanol–water partition coefficient (Wildman–Crippen LogP) is 4.55. The van der Waals surface area contributed by atoms with Gasteiger partial charge in [-0.05, 0) is 36.1 Å². The molecule has 1 N–H and O–H groups in total. The quantitative estimate of drug-likeness (QED) is 0.495. The molecule has 0 unspecified atom stereocenters. The van der Waals surface area contributed by atoms with E-state index in [1.807, 2.05) is 31.2 Å². The van der Waals surface area contributed by atoms with Crippen LogP contribution < -0.4 is 5.32 Å². The molecule has 2 aliphatic rings. The van der Waals surface area contributed by atoms with Crippen molar-refractivity contribution in [3.8, 4) is 11.1 Å². The van der Waals surface area contributed by atoms with Crippen LogP contribution in [0.15, 0.2) is 66.2 Å². The summed E-state index contributed by atoms with van der Waals surface area (Å²) in [5.41, 5.74) is 3.74. The topological polar surface area (TPSA) is 77.0 Å². The van der Waals surface area contributed by atoms with Crippen molar-refractivity contribution in [2.45, 2.75) is 31.3 Å². The number of alkyl carbamates (subject to hydrolysis) is 1. The predicted molar refractivity (Wildman–Crippen MR) is 127 cm³/mol. The first-order valence-corrected chi connectivity index (χ1v) is 11.5. The molecule has 0 radical (unpaired) electrons. The van der Waals surface area contributed by atoms with Crippen LogP contribution in [0.4, 0.5) is 4.79 Å². The molecule has 0 saturated carbocycles. The molecule has 1 heterocycles. The molecule has 32 heavy (non-hydrogen) atoms. The summed E-state index contributed by atoms with van der Waals surface area (Å²) in [6, 6.07) is 16.1. The average Bonchev–Trinajstić information content (AvgIpc) is 3.35. The second-order valence-electron chi connectivity index (χ2n) is 8.09. The van der Waals surface area contributed by atoms with E-state index in [0.29, 0.717) is 10.8 Å². The number of nitrogens with one attached hydrogen (secondary N) is 1. The third-order valence-corrected chi connectivity index (χ3v) is 7.13. The van der Waals surface area contributed by atoms with Gasteiger partial charge in [0.1, 0.15) is 13.2 Å². The Bertz CT molecular complexity index is 1040. The summed E-state index contributed by atoms with van der Waals surface area (Å²) in [7, 11) is 0. The van der Waals surface area contributed by atoms with Crippen molar-refractivity contribution < 1.29 is 19.1 Å². The van der Waals surface area contributed by atoms with Crippen molar-refractivity contribution in [3.63, 3.8) is 0 Å². The molecule has 166 valence electrons. The van der Waals surface area contributed by atoms with Crippen molar-refractivity contribution in [1.29, 1.82) is 0 Å². The van der Waals surface area contributed by atoms with Gasteiger partial charge in [-0.2, -0.15) is 0 Å². The van der Waals surface area contributed by atoms with Crippen LogP contribution in [0.1, 0.15) is 30.9 Å². The zero-order valence-electron chi connectivity index (χ0n) is 18.2. The van der Waals surface area contributed by atoms with Gasteiger partial charge >= 0.3 is 12.1 Å². The van der Waals surface area contributed by atoms with Gasteiger partial charge in [-0.3, -0.25) is 4.99 Å². The standard InChI is InChI=1S/C25H26N2O4S/c1-4-13-30-23(28)25(3)15-32-22(27-25)16(2)26-24(29)31-14-21-19-11-7-5-9-17(19)18-10-6-8-12-20(18)21/h4-12,16,21H,1,13-15H2,2-3H3,(H,26,29)/t16-,25-/m0/s1. The zero-order valence-corrected chi connectivity index (χ0v) is 19.0. The van der Waals surface area contributed by atoms with E-state index in [1.165, 1.54) is 40.1 Å². The van der Waals surface area contributed by atoms with E-state index in [2.05, 4.69) is 41.2 Å². The molecule has 0 spiro atoms. The lowest BCUT2D eigenvalue weighted by Gasteiger charge is -2.18. The Kier molecular flexibility index (Phi) is 6.37. The van der Waals surface area contributed by atoms with Crippen molar-refractivity contribution >= 4 is 28.9 Å². The van der Waals surface area contributed by atoms with Gasteiger partial charge in [-0.15, -0.1) is 11.8 Å².